The van der Waals surface area contributed by atoms with Crippen molar-refractivity contribution in [2.45, 2.75) is 26.7 Å². The van der Waals surface area contributed by atoms with Crippen molar-refractivity contribution in [3.05, 3.63) is 47.8 Å². The fourth-order valence-electron chi connectivity index (χ4n) is 3.59. The second-order valence-corrected chi connectivity index (χ2v) is 6.62. The van der Waals surface area contributed by atoms with Crippen molar-refractivity contribution in [3.63, 3.8) is 0 Å². The third-order valence-electron chi connectivity index (χ3n) is 4.92. The molecule has 2 heterocycles. The summed E-state index contributed by atoms with van der Waals surface area (Å²) in [5, 5.41) is 13.0. The van der Waals surface area contributed by atoms with Gasteiger partial charge in [-0.15, -0.1) is 0 Å². The number of fused-ring (bicyclic) bond motifs is 4. The maximum atomic E-state index is 11.8. The van der Waals surface area contributed by atoms with Gasteiger partial charge in [-0.05, 0) is 54.6 Å². The maximum absolute atomic E-state index is 11.8. The van der Waals surface area contributed by atoms with E-state index in [-0.39, 0.29) is 12.8 Å². The first-order valence-electron chi connectivity index (χ1n) is 8.66. The molecule has 2 aromatic heterocycles. The molecule has 0 aliphatic heterocycles. The lowest BCUT2D eigenvalue weighted by molar-refractivity contribution is -0.142. The summed E-state index contributed by atoms with van der Waals surface area (Å²) in [6.45, 7) is 4.14. The van der Waals surface area contributed by atoms with Crippen molar-refractivity contribution in [3.8, 4) is 5.75 Å². The largest absolute Gasteiger partial charge is 0.481 e. The first-order valence-corrected chi connectivity index (χ1v) is 8.66. The summed E-state index contributed by atoms with van der Waals surface area (Å²) in [4.78, 5) is 30.2. The molecule has 0 unspecified atom stereocenters. The summed E-state index contributed by atoms with van der Waals surface area (Å²) in [6, 6.07) is 7.42. The van der Waals surface area contributed by atoms with Crippen LogP contribution in [0.2, 0.25) is 0 Å². The van der Waals surface area contributed by atoms with Crippen LogP contribution in [0, 0.1) is 13.8 Å². The number of ether oxygens (including phenoxy) is 1. The number of aliphatic carboxylic acids is 1. The third kappa shape index (κ3) is 2.89. The number of carbonyl (C=O) groups is 2. The molecular formula is C21H18N2O4. The number of hydrogen-bond acceptors (Lipinski definition) is 4. The first-order chi connectivity index (χ1) is 13.0. The summed E-state index contributed by atoms with van der Waals surface area (Å²) >= 11 is 0. The van der Waals surface area contributed by atoms with Crippen molar-refractivity contribution in [2.24, 2.45) is 0 Å². The van der Waals surface area contributed by atoms with Gasteiger partial charge in [0.2, 0.25) is 0 Å². The van der Waals surface area contributed by atoms with Crippen LogP contribution in [-0.2, 0) is 9.59 Å². The van der Waals surface area contributed by atoms with Crippen molar-refractivity contribution in [1.82, 2.24) is 9.97 Å². The Morgan fingerprint density at radius 3 is 2.67 bits per heavy atom. The molecule has 2 N–H and O–H groups in total. The van der Waals surface area contributed by atoms with E-state index in [2.05, 4.69) is 23.8 Å². The van der Waals surface area contributed by atoms with E-state index in [1.807, 2.05) is 24.4 Å². The van der Waals surface area contributed by atoms with E-state index < -0.39 is 11.9 Å². The quantitative estimate of drug-likeness (QED) is 0.418. The summed E-state index contributed by atoms with van der Waals surface area (Å²) in [6.07, 6.45) is 3.25. The number of aromatic nitrogens is 2. The Kier molecular flexibility index (Phi) is 4.03. The monoisotopic (exact) mass is 362 g/mol. The lowest BCUT2D eigenvalue weighted by atomic mass is 9.97. The Morgan fingerprint density at radius 2 is 1.89 bits per heavy atom. The van der Waals surface area contributed by atoms with Crippen molar-refractivity contribution < 1.29 is 19.4 Å². The minimum atomic E-state index is -1.02. The van der Waals surface area contributed by atoms with E-state index in [0.717, 1.165) is 43.7 Å². The van der Waals surface area contributed by atoms with Crippen LogP contribution < -0.4 is 4.74 Å². The Morgan fingerprint density at radius 1 is 1.07 bits per heavy atom. The van der Waals surface area contributed by atoms with Crippen molar-refractivity contribution in [2.75, 3.05) is 0 Å². The number of carboxylic acids is 1. The van der Waals surface area contributed by atoms with Gasteiger partial charge in [0, 0.05) is 34.1 Å². The van der Waals surface area contributed by atoms with Crippen LogP contribution in [0.1, 0.15) is 24.0 Å². The van der Waals surface area contributed by atoms with Crippen LogP contribution in [0.5, 0.6) is 5.75 Å². The number of carbonyl (C=O) groups excluding carboxylic acids is 1. The molecule has 0 fully saturated rings. The smallest absolute Gasteiger partial charge is 0.311 e. The molecule has 0 aliphatic rings. The van der Waals surface area contributed by atoms with Gasteiger partial charge in [-0.25, -0.2) is 0 Å². The predicted molar refractivity (Wildman–Crippen MR) is 103 cm³/mol. The number of esters is 1. The molecule has 6 heteroatoms. The van der Waals surface area contributed by atoms with Gasteiger partial charge in [0.05, 0.1) is 18.4 Å². The van der Waals surface area contributed by atoms with E-state index in [1.165, 1.54) is 0 Å². The standard InChI is InChI=1S/C21H18N2O4/c1-11-16-10-22-8-7-14(16)12(2)21-20(11)15-9-13(3-4-17(15)23-21)27-19(26)6-5-18(24)25/h3-4,7-10,23H,5-6H2,1-2H3,(H,24,25). The second kappa shape index (κ2) is 6.39. The van der Waals surface area contributed by atoms with E-state index in [9.17, 15) is 9.59 Å². The topological polar surface area (TPSA) is 92.3 Å². The van der Waals surface area contributed by atoms with Crippen LogP contribution in [0.4, 0.5) is 0 Å². The molecule has 136 valence electrons. The summed E-state index contributed by atoms with van der Waals surface area (Å²) in [5.74, 6) is -1.17. The van der Waals surface area contributed by atoms with Crippen LogP contribution >= 0.6 is 0 Å². The number of aryl methyl sites for hydroxylation is 2. The zero-order chi connectivity index (χ0) is 19.1. The lowest BCUT2D eigenvalue weighted by Gasteiger charge is -2.08. The maximum Gasteiger partial charge on any atom is 0.311 e. The average Bonchev–Trinajstić information content (AvgIpc) is 3.04. The highest BCUT2D eigenvalue weighted by Gasteiger charge is 2.15. The molecule has 0 saturated carbocycles. The number of carboxylic acid groups (broad SMARTS) is 1. The van der Waals surface area contributed by atoms with Gasteiger partial charge in [0.25, 0.3) is 0 Å². The molecule has 4 aromatic rings. The van der Waals surface area contributed by atoms with Crippen LogP contribution in [0.15, 0.2) is 36.7 Å². The Bertz CT molecular complexity index is 1220. The number of benzene rings is 2. The highest BCUT2D eigenvalue weighted by molar-refractivity contribution is 6.16. The number of nitrogens with one attached hydrogen (secondary N) is 1. The number of rotatable bonds is 4. The Balaban J connectivity index is 1.84. The van der Waals surface area contributed by atoms with E-state index in [1.54, 1.807) is 12.3 Å². The molecule has 2 aromatic carbocycles. The molecule has 0 amide bonds. The summed E-state index contributed by atoms with van der Waals surface area (Å²) in [7, 11) is 0. The number of hydrogen-bond donors (Lipinski definition) is 2. The fourth-order valence-corrected chi connectivity index (χ4v) is 3.59. The molecular weight excluding hydrogens is 344 g/mol. The average molecular weight is 362 g/mol. The molecule has 6 nitrogen and oxygen atoms in total. The zero-order valence-electron chi connectivity index (χ0n) is 15.0. The minimum absolute atomic E-state index is 0.157. The van der Waals surface area contributed by atoms with Gasteiger partial charge in [0.15, 0.2) is 0 Å². The SMILES string of the molecule is Cc1c2ccncc2c(C)c2c1[nH]c1ccc(OC(=O)CCC(=O)O)cc12. The highest BCUT2D eigenvalue weighted by atomic mass is 16.5. The number of H-pyrrole nitrogens is 1. The highest BCUT2D eigenvalue weighted by Crippen LogP contribution is 2.37. The molecule has 0 radical (unpaired) electrons. The summed E-state index contributed by atoms with van der Waals surface area (Å²) in [5.41, 5.74) is 4.25. The van der Waals surface area contributed by atoms with Crippen LogP contribution in [-0.4, -0.2) is 27.0 Å². The normalized spacial score (nSPS) is 11.3. The van der Waals surface area contributed by atoms with Gasteiger partial charge in [0.1, 0.15) is 5.75 Å². The Hall–Kier alpha value is -3.41. The second-order valence-electron chi connectivity index (χ2n) is 6.62. The lowest BCUT2D eigenvalue weighted by Crippen LogP contribution is -2.10. The predicted octanol–water partition coefficient (Wildman–Crippen LogP) is 4.26. The van der Waals surface area contributed by atoms with Gasteiger partial charge in [-0.3, -0.25) is 14.6 Å². The number of nitrogens with zero attached hydrogens (tertiary/aromatic N) is 1. The van der Waals surface area contributed by atoms with Crippen LogP contribution in [0.25, 0.3) is 32.6 Å². The van der Waals surface area contributed by atoms with Crippen LogP contribution in [0.3, 0.4) is 0 Å². The molecule has 0 aliphatic carbocycles. The fraction of sp³-hybridized carbons (Fsp3) is 0.190. The summed E-state index contributed by atoms with van der Waals surface area (Å²) < 4.78 is 5.32. The number of pyridine rings is 1. The molecule has 0 atom stereocenters. The third-order valence-corrected chi connectivity index (χ3v) is 4.92. The molecule has 0 bridgehead atoms. The zero-order valence-corrected chi connectivity index (χ0v) is 15.0. The molecule has 0 spiro atoms. The first kappa shape index (κ1) is 17.0. The molecule has 4 rings (SSSR count). The number of aromatic amines is 1. The molecule has 0 saturated heterocycles. The van der Waals surface area contributed by atoms with Gasteiger partial charge < -0.3 is 14.8 Å². The van der Waals surface area contributed by atoms with E-state index in [0.29, 0.717) is 5.75 Å². The van der Waals surface area contributed by atoms with Crippen molar-refractivity contribution in [1.29, 1.82) is 0 Å². The minimum Gasteiger partial charge on any atom is -0.481 e. The van der Waals surface area contributed by atoms with Crippen molar-refractivity contribution >= 4 is 44.5 Å². The van der Waals surface area contributed by atoms with Gasteiger partial charge in [-0.2, -0.15) is 0 Å². The van der Waals surface area contributed by atoms with E-state index in [4.69, 9.17) is 9.84 Å². The molecule has 27 heavy (non-hydrogen) atoms. The van der Waals surface area contributed by atoms with E-state index >= 15 is 0 Å². The van der Waals surface area contributed by atoms with Gasteiger partial charge >= 0.3 is 11.9 Å². The Labute approximate surface area is 154 Å². The van der Waals surface area contributed by atoms with Gasteiger partial charge in [-0.1, -0.05) is 0 Å².